The van der Waals surface area contributed by atoms with Gasteiger partial charge < -0.3 is 9.67 Å². The van der Waals surface area contributed by atoms with Gasteiger partial charge in [0.25, 0.3) is 0 Å². The molecule has 0 aliphatic heterocycles. The molecule has 0 spiro atoms. The molecule has 0 aliphatic rings. The number of carbonyl (C=O) groups is 2. The van der Waals surface area contributed by atoms with E-state index in [1.54, 1.807) is 6.07 Å². The lowest BCUT2D eigenvalue weighted by molar-refractivity contribution is 0.0698. The van der Waals surface area contributed by atoms with E-state index in [1.165, 1.54) is 0 Å². The predicted molar refractivity (Wildman–Crippen MR) is 74.0 cm³/mol. The van der Waals surface area contributed by atoms with E-state index in [4.69, 9.17) is 0 Å². The Morgan fingerprint density at radius 1 is 1.37 bits per heavy atom. The Hall–Kier alpha value is -2.10. The zero-order chi connectivity index (χ0) is 14.2. The molecule has 1 aromatic carbocycles. The van der Waals surface area contributed by atoms with Crippen LogP contribution in [-0.4, -0.2) is 21.9 Å². The second-order valence-corrected chi connectivity index (χ2v) is 4.78. The third kappa shape index (κ3) is 2.03. The molecule has 4 heteroatoms. The minimum atomic E-state index is -0.957. The van der Waals surface area contributed by atoms with Crippen LogP contribution in [0.2, 0.25) is 0 Å². The summed E-state index contributed by atoms with van der Waals surface area (Å²) in [5, 5.41) is 10.1. The van der Waals surface area contributed by atoms with Crippen LogP contribution >= 0.6 is 0 Å². The van der Waals surface area contributed by atoms with Crippen LogP contribution in [0, 0.1) is 13.8 Å². The van der Waals surface area contributed by atoms with Crippen molar-refractivity contribution in [2.24, 2.45) is 0 Å². The van der Waals surface area contributed by atoms with Gasteiger partial charge in [0.05, 0.1) is 11.1 Å². The summed E-state index contributed by atoms with van der Waals surface area (Å²) in [4.78, 5) is 22.7. The van der Waals surface area contributed by atoms with Gasteiger partial charge in [0.15, 0.2) is 6.29 Å². The molecule has 0 aliphatic carbocycles. The van der Waals surface area contributed by atoms with Crippen LogP contribution in [0.5, 0.6) is 0 Å². The lowest BCUT2D eigenvalue weighted by Gasteiger charge is -2.09. The SMILES string of the molecule is CCCn1c(C)c(C=O)c2cc(C)cc(C(=O)O)c21. The molecule has 0 unspecified atom stereocenters. The first-order valence-electron chi connectivity index (χ1n) is 6.33. The van der Waals surface area contributed by atoms with Crippen molar-refractivity contribution < 1.29 is 14.7 Å². The van der Waals surface area contributed by atoms with Crippen molar-refractivity contribution >= 4 is 23.2 Å². The number of benzene rings is 1. The molecule has 4 nitrogen and oxygen atoms in total. The minimum Gasteiger partial charge on any atom is -0.478 e. The molecule has 0 atom stereocenters. The maximum atomic E-state index is 11.4. The summed E-state index contributed by atoms with van der Waals surface area (Å²) in [6.45, 7) is 6.44. The topological polar surface area (TPSA) is 59.3 Å². The van der Waals surface area contributed by atoms with Gasteiger partial charge in [0.1, 0.15) is 0 Å². The second-order valence-electron chi connectivity index (χ2n) is 4.78. The monoisotopic (exact) mass is 259 g/mol. The highest BCUT2D eigenvalue weighted by Crippen LogP contribution is 2.29. The molecule has 0 amide bonds. The number of aromatic nitrogens is 1. The Bertz CT molecular complexity index is 668. The number of aryl methyl sites for hydroxylation is 2. The van der Waals surface area contributed by atoms with Gasteiger partial charge in [0, 0.05) is 23.2 Å². The first kappa shape index (κ1) is 13.3. The second kappa shape index (κ2) is 4.88. The Balaban J connectivity index is 2.97. The fourth-order valence-corrected chi connectivity index (χ4v) is 2.60. The number of hydrogen-bond donors (Lipinski definition) is 1. The van der Waals surface area contributed by atoms with E-state index in [9.17, 15) is 14.7 Å². The highest BCUT2D eigenvalue weighted by molar-refractivity contribution is 6.08. The van der Waals surface area contributed by atoms with E-state index in [0.717, 1.165) is 29.4 Å². The van der Waals surface area contributed by atoms with Crippen molar-refractivity contribution in [3.8, 4) is 0 Å². The fourth-order valence-electron chi connectivity index (χ4n) is 2.60. The molecule has 2 aromatic rings. The molecule has 0 radical (unpaired) electrons. The Labute approximate surface area is 111 Å². The molecule has 2 rings (SSSR count). The van der Waals surface area contributed by atoms with Crippen LogP contribution in [0.4, 0.5) is 0 Å². The van der Waals surface area contributed by atoms with Crippen LogP contribution in [-0.2, 0) is 6.54 Å². The highest BCUT2D eigenvalue weighted by atomic mass is 16.4. The average Bonchev–Trinajstić information content (AvgIpc) is 2.61. The number of carbonyl (C=O) groups excluding carboxylic acids is 1. The first-order chi connectivity index (χ1) is 9.01. The summed E-state index contributed by atoms with van der Waals surface area (Å²) in [5.41, 5.74) is 3.19. The number of rotatable bonds is 4. The van der Waals surface area contributed by atoms with E-state index in [-0.39, 0.29) is 5.56 Å². The van der Waals surface area contributed by atoms with Gasteiger partial charge in [-0.25, -0.2) is 4.79 Å². The highest BCUT2D eigenvalue weighted by Gasteiger charge is 2.19. The predicted octanol–water partition coefficient (Wildman–Crippen LogP) is 3.18. The smallest absolute Gasteiger partial charge is 0.337 e. The van der Waals surface area contributed by atoms with Crippen LogP contribution in [0.25, 0.3) is 10.9 Å². The lowest BCUT2D eigenvalue weighted by atomic mass is 10.0. The minimum absolute atomic E-state index is 0.264. The van der Waals surface area contributed by atoms with Crippen molar-refractivity contribution in [2.45, 2.75) is 33.7 Å². The van der Waals surface area contributed by atoms with Crippen LogP contribution < -0.4 is 0 Å². The van der Waals surface area contributed by atoms with Crippen molar-refractivity contribution in [3.63, 3.8) is 0 Å². The van der Waals surface area contributed by atoms with Crippen molar-refractivity contribution in [3.05, 3.63) is 34.5 Å². The number of aldehydes is 1. The molecular weight excluding hydrogens is 242 g/mol. The summed E-state index contributed by atoms with van der Waals surface area (Å²) in [6.07, 6.45) is 1.70. The first-order valence-corrected chi connectivity index (χ1v) is 6.33. The van der Waals surface area contributed by atoms with Gasteiger partial charge in [0.2, 0.25) is 0 Å². The summed E-state index contributed by atoms with van der Waals surface area (Å²) >= 11 is 0. The molecule has 19 heavy (non-hydrogen) atoms. The third-order valence-electron chi connectivity index (χ3n) is 3.40. The molecule has 0 bridgehead atoms. The van der Waals surface area contributed by atoms with Crippen molar-refractivity contribution in [1.82, 2.24) is 4.57 Å². The summed E-state index contributed by atoms with van der Waals surface area (Å²) in [7, 11) is 0. The van der Waals surface area contributed by atoms with Gasteiger partial charge >= 0.3 is 5.97 Å². The van der Waals surface area contributed by atoms with E-state index >= 15 is 0 Å². The quantitative estimate of drug-likeness (QED) is 0.858. The zero-order valence-electron chi connectivity index (χ0n) is 11.4. The summed E-state index contributed by atoms with van der Waals surface area (Å²) in [6, 6.07) is 3.54. The molecule has 0 saturated carbocycles. The number of fused-ring (bicyclic) bond motifs is 1. The van der Waals surface area contributed by atoms with E-state index in [0.29, 0.717) is 17.6 Å². The van der Waals surface area contributed by atoms with Gasteiger partial charge in [-0.15, -0.1) is 0 Å². The number of aromatic carboxylic acids is 1. The van der Waals surface area contributed by atoms with Gasteiger partial charge in [-0.2, -0.15) is 0 Å². The molecular formula is C15H17NO3. The largest absolute Gasteiger partial charge is 0.478 e. The Morgan fingerprint density at radius 2 is 2.05 bits per heavy atom. The van der Waals surface area contributed by atoms with Crippen LogP contribution in [0.15, 0.2) is 12.1 Å². The summed E-state index contributed by atoms with van der Waals surface area (Å²) < 4.78 is 1.93. The Morgan fingerprint density at radius 3 is 2.58 bits per heavy atom. The maximum Gasteiger partial charge on any atom is 0.337 e. The van der Waals surface area contributed by atoms with E-state index in [1.807, 2.05) is 31.4 Å². The fraction of sp³-hybridized carbons (Fsp3) is 0.333. The van der Waals surface area contributed by atoms with Crippen LogP contribution in [0.1, 0.15) is 45.3 Å². The molecule has 100 valence electrons. The average molecular weight is 259 g/mol. The zero-order valence-corrected chi connectivity index (χ0v) is 11.4. The maximum absolute atomic E-state index is 11.4. The number of carboxylic acids is 1. The summed E-state index contributed by atoms with van der Waals surface area (Å²) in [5.74, 6) is -0.957. The molecule has 1 heterocycles. The van der Waals surface area contributed by atoms with Crippen molar-refractivity contribution in [1.29, 1.82) is 0 Å². The standard InChI is InChI=1S/C15H17NO3/c1-4-5-16-10(3)13(8-17)11-6-9(2)7-12(14(11)16)15(18)19/h6-8H,4-5H2,1-3H3,(H,18,19). The van der Waals surface area contributed by atoms with Crippen LogP contribution in [0.3, 0.4) is 0 Å². The molecule has 1 N–H and O–H groups in total. The van der Waals surface area contributed by atoms with E-state index in [2.05, 4.69) is 0 Å². The van der Waals surface area contributed by atoms with Gasteiger partial charge in [-0.3, -0.25) is 4.79 Å². The van der Waals surface area contributed by atoms with Crippen molar-refractivity contribution in [2.75, 3.05) is 0 Å². The van der Waals surface area contributed by atoms with Gasteiger partial charge in [-0.05, 0) is 38.0 Å². The lowest BCUT2D eigenvalue weighted by Crippen LogP contribution is -2.05. The molecule has 0 fully saturated rings. The molecule has 0 saturated heterocycles. The number of carboxylic acid groups (broad SMARTS) is 1. The van der Waals surface area contributed by atoms with E-state index < -0.39 is 5.97 Å². The number of hydrogen-bond acceptors (Lipinski definition) is 2. The third-order valence-corrected chi connectivity index (χ3v) is 3.40. The molecule has 1 aromatic heterocycles. The Kier molecular flexibility index (Phi) is 3.42. The van der Waals surface area contributed by atoms with Gasteiger partial charge in [-0.1, -0.05) is 6.92 Å². The normalized spacial score (nSPS) is 10.9. The number of nitrogens with zero attached hydrogens (tertiary/aromatic N) is 1.